The van der Waals surface area contributed by atoms with Crippen molar-refractivity contribution < 1.29 is 33.2 Å². The molecule has 1 saturated heterocycles. The molecular weight excluding hydrogens is 389 g/mol. The highest BCUT2D eigenvalue weighted by atomic mass is 19.4. The molecule has 9 heteroatoms. The van der Waals surface area contributed by atoms with E-state index in [4.69, 9.17) is 4.74 Å². The minimum Gasteiger partial charge on any atom is -0.387 e. The molecule has 1 aliphatic heterocycles. The van der Waals surface area contributed by atoms with Crippen molar-refractivity contribution in [2.24, 2.45) is 0 Å². The normalized spacial score (nSPS) is 26.2. The molecule has 3 heterocycles. The fraction of sp³-hybridized carbons (Fsp3) is 0.350. The van der Waals surface area contributed by atoms with Gasteiger partial charge in [0.25, 0.3) is 0 Å². The first-order chi connectivity index (χ1) is 13.7. The maximum absolute atomic E-state index is 13.0. The van der Waals surface area contributed by atoms with Crippen LogP contribution in [0.4, 0.5) is 13.2 Å². The van der Waals surface area contributed by atoms with Gasteiger partial charge in [-0.15, -0.1) is 0 Å². The van der Waals surface area contributed by atoms with Crippen molar-refractivity contribution in [3.63, 3.8) is 0 Å². The number of alkyl halides is 3. The van der Waals surface area contributed by atoms with Gasteiger partial charge in [0.05, 0.1) is 5.56 Å². The largest absolute Gasteiger partial charge is 0.416 e. The fourth-order valence-corrected chi connectivity index (χ4v) is 3.66. The third-order valence-electron chi connectivity index (χ3n) is 5.25. The standard InChI is InChI=1S/C20H19F3N2O4/c1-10-5-7-24-18-13(10)6-8-25(18)19-16(28)15(27)17(29-19)14(26)11-3-2-4-12(9-11)20(21,22)23/h2-9,14-17,19,26-28H,1H3. The van der Waals surface area contributed by atoms with Crippen LogP contribution in [-0.4, -0.2) is 43.2 Å². The molecule has 2 aromatic heterocycles. The fourth-order valence-electron chi connectivity index (χ4n) is 3.66. The summed E-state index contributed by atoms with van der Waals surface area (Å²) in [6, 6.07) is 7.79. The molecule has 3 aromatic rings. The molecule has 0 spiro atoms. The first-order valence-corrected chi connectivity index (χ1v) is 8.97. The Bertz CT molecular complexity index is 1040. The molecule has 29 heavy (non-hydrogen) atoms. The number of hydrogen-bond donors (Lipinski definition) is 3. The van der Waals surface area contributed by atoms with Crippen LogP contribution in [0.25, 0.3) is 11.0 Å². The molecule has 1 aromatic carbocycles. The van der Waals surface area contributed by atoms with Crippen molar-refractivity contribution in [1.82, 2.24) is 9.55 Å². The molecule has 6 nitrogen and oxygen atoms in total. The number of nitrogens with zero attached hydrogens (tertiary/aromatic N) is 2. The summed E-state index contributed by atoms with van der Waals surface area (Å²) in [5.74, 6) is 0. The highest BCUT2D eigenvalue weighted by Gasteiger charge is 2.47. The van der Waals surface area contributed by atoms with Crippen molar-refractivity contribution in [2.45, 2.75) is 43.7 Å². The van der Waals surface area contributed by atoms with Gasteiger partial charge in [-0.05, 0) is 42.3 Å². The van der Waals surface area contributed by atoms with Crippen LogP contribution in [0, 0.1) is 6.92 Å². The van der Waals surface area contributed by atoms with Crippen LogP contribution in [0.15, 0.2) is 48.8 Å². The van der Waals surface area contributed by atoms with Gasteiger partial charge in [-0.1, -0.05) is 12.1 Å². The van der Waals surface area contributed by atoms with Gasteiger partial charge in [0.15, 0.2) is 6.23 Å². The van der Waals surface area contributed by atoms with Crippen LogP contribution >= 0.6 is 0 Å². The molecule has 0 amide bonds. The molecule has 5 atom stereocenters. The molecule has 5 unspecified atom stereocenters. The van der Waals surface area contributed by atoms with E-state index in [9.17, 15) is 28.5 Å². The third kappa shape index (κ3) is 3.40. The average molecular weight is 408 g/mol. The number of benzene rings is 1. The summed E-state index contributed by atoms with van der Waals surface area (Å²) in [6.07, 6.45) is -8.18. The Morgan fingerprint density at radius 3 is 2.62 bits per heavy atom. The summed E-state index contributed by atoms with van der Waals surface area (Å²) in [7, 11) is 0. The predicted octanol–water partition coefficient (Wildman–Crippen LogP) is 2.72. The Labute approximate surface area is 163 Å². The maximum Gasteiger partial charge on any atom is 0.416 e. The number of rotatable bonds is 3. The van der Waals surface area contributed by atoms with E-state index >= 15 is 0 Å². The Balaban J connectivity index is 1.64. The van der Waals surface area contributed by atoms with Crippen molar-refractivity contribution in [3.05, 3.63) is 65.5 Å². The minimum absolute atomic E-state index is 0.0666. The predicted molar refractivity (Wildman–Crippen MR) is 96.8 cm³/mol. The van der Waals surface area contributed by atoms with E-state index < -0.39 is 42.4 Å². The van der Waals surface area contributed by atoms with E-state index in [0.717, 1.165) is 23.1 Å². The number of fused-ring (bicyclic) bond motifs is 1. The molecule has 0 saturated carbocycles. The topological polar surface area (TPSA) is 87.7 Å². The van der Waals surface area contributed by atoms with Crippen molar-refractivity contribution in [2.75, 3.05) is 0 Å². The highest BCUT2D eigenvalue weighted by Crippen LogP contribution is 2.39. The summed E-state index contributed by atoms with van der Waals surface area (Å²) in [4.78, 5) is 4.28. The van der Waals surface area contributed by atoms with E-state index in [2.05, 4.69) is 4.98 Å². The van der Waals surface area contributed by atoms with Crippen LogP contribution in [-0.2, 0) is 10.9 Å². The molecule has 0 bridgehead atoms. The molecule has 0 radical (unpaired) electrons. The van der Waals surface area contributed by atoms with Crippen LogP contribution < -0.4 is 0 Å². The lowest BCUT2D eigenvalue weighted by atomic mass is 9.97. The monoisotopic (exact) mass is 408 g/mol. The molecule has 4 rings (SSSR count). The number of pyridine rings is 1. The maximum atomic E-state index is 13.0. The number of hydrogen-bond acceptors (Lipinski definition) is 5. The van der Waals surface area contributed by atoms with Gasteiger partial charge in [-0.2, -0.15) is 13.2 Å². The van der Waals surface area contributed by atoms with E-state index in [1.54, 1.807) is 18.5 Å². The van der Waals surface area contributed by atoms with Crippen molar-refractivity contribution in [3.8, 4) is 0 Å². The van der Waals surface area contributed by atoms with Gasteiger partial charge in [0, 0.05) is 17.8 Å². The lowest BCUT2D eigenvalue weighted by Crippen LogP contribution is -2.34. The molecule has 0 aliphatic carbocycles. The lowest BCUT2D eigenvalue weighted by molar-refractivity contribution is -0.137. The van der Waals surface area contributed by atoms with Gasteiger partial charge < -0.3 is 24.6 Å². The summed E-state index contributed by atoms with van der Waals surface area (Å²) in [5.41, 5.74) is 0.496. The molecular formula is C20H19F3N2O4. The van der Waals surface area contributed by atoms with Crippen LogP contribution in [0.3, 0.4) is 0 Å². The van der Waals surface area contributed by atoms with Crippen LogP contribution in [0.2, 0.25) is 0 Å². The quantitative estimate of drug-likeness (QED) is 0.620. The van der Waals surface area contributed by atoms with Gasteiger partial charge in [0.1, 0.15) is 30.1 Å². The molecule has 1 aliphatic rings. The zero-order chi connectivity index (χ0) is 20.9. The Kier molecular flexibility index (Phi) is 4.86. The van der Waals surface area contributed by atoms with Gasteiger partial charge in [0.2, 0.25) is 0 Å². The lowest BCUT2D eigenvalue weighted by Gasteiger charge is -2.22. The van der Waals surface area contributed by atoms with Gasteiger partial charge >= 0.3 is 6.18 Å². The SMILES string of the molecule is Cc1ccnc2c1ccn2C1OC(C(O)c2cccc(C(F)(F)F)c2)C(O)C1O. The van der Waals surface area contributed by atoms with Gasteiger partial charge in [-0.3, -0.25) is 0 Å². The van der Waals surface area contributed by atoms with Crippen molar-refractivity contribution in [1.29, 1.82) is 0 Å². The summed E-state index contributed by atoms with van der Waals surface area (Å²) >= 11 is 0. The Hall–Kier alpha value is -2.46. The first-order valence-electron chi connectivity index (χ1n) is 8.97. The minimum atomic E-state index is -4.57. The number of aliphatic hydroxyl groups excluding tert-OH is 3. The van der Waals surface area contributed by atoms with E-state index in [-0.39, 0.29) is 5.56 Å². The summed E-state index contributed by atoms with van der Waals surface area (Å²) < 4.78 is 46.1. The Morgan fingerprint density at radius 1 is 1.14 bits per heavy atom. The smallest absolute Gasteiger partial charge is 0.387 e. The first kappa shape index (κ1) is 19.8. The highest BCUT2D eigenvalue weighted by molar-refractivity contribution is 5.79. The van der Waals surface area contributed by atoms with E-state index in [1.165, 1.54) is 16.7 Å². The number of halogens is 3. The number of ether oxygens (including phenoxy) is 1. The zero-order valence-corrected chi connectivity index (χ0v) is 15.3. The molecule has 1 fully saturated rings. The average Bonchev–Trinajstić information content (AvgIpc) is 3.23. The number of aromatic nitrogens is 2. The van der Waals surface area contributed by atoms with Crippen LogP contribution in [0.1, 0.15) is 29.0 Å². The number of aliphatic hydroxyl groups is 3. The summed E-state index contributed by atoms with van der Waals surface area (Å²) in [5, 5.41) is 32.3. The second-order valence-corrected chi connectivity index (χ2v) is 7.13. The van der Waals surface area contributed by atoms with Crippen molar-refractivity contribution >= 4 is 11.0 Å². The van der Waals surface area contributed by atoms with Crippen LogP contribution in [0.5, 0.6) is 0 Å². The second-order valence-electron chi connectivity index (χ2n) is 7.13. The second kappa shape index (κ2) is 7.10. The van der Waals surface area contributed by atoms with E-state index in [1.807, 2.05) is 13.0 Å². The summed E-state index contributed by atoms with van der Waals surface area (Å²) in [6.45, 7) is 1.90. The number of aryl methyl sites for hydroxylation is 1. The molecule has 3 N–H and O–H groups in total. The van der Waals surface area contributed by atoms with Gasteiger partial charge in [-0.25, -0.2) is 4.98 Å². The third-order valence-corrected chi connectivity index (χ3v) is 5.25. The molecule has 154 valence electrons. The Morgan fingerprint density at radius 2 is 1.90 bits per heavy atom. The van der Waals surface area contributed by atoms with E-state index in [0.29, 0.717) is 5.65 Å². The zero-order valence-electron chi connectivity index (χ0n) is 15.3.